The molecule has 3 aromatic rings. The van der Waals surface area contributed by atoms with E-state index in [1.807, 2.05) is 53.4 Å². The molecule has 0 saturated carbocycles. The molecule has 2 aromatic carbocycles. The number of oxazole rings is 1. The molecule has 1 fully saturated rings. The maximum Gasteiger partial charge on any atom is 0.223 e. The number of aromatic nitrogens is 1. The van der Waals surface area contributed by atoms with E-state index in [0.29, 0.717) is 18.7 Å². The van der Waals surface area contributed by atoms with Crippen LogP contribution in [-0.2, 0) is 11.2 Å². The number of hydrogen-bond acceptors (Lipinski definition) is 4. The molecular weight excluding hydrogens is 374 g/mol. The first-order valence-electron chi connectivity index (χ1n) is 10.5. The maximum absolute atomic E-state index is 12.6. The number of hydrogen-bond donors (Lipinski definition) is 0. The van der Waals surface area contributed by atoms with Gasteiger partial charge in [-0.1, -0.05) is 72.8 Å². The molecule has 0 bridgehead atoms. The van der Waals surface area contributed by atoms with Gasteiger partial charge in [0.05, 0.1) is 6.20 Å². The van der Waals surface area contributed by atoms with Gasteiger partial charge in [0.1, 0.15) is 0 Å². The highest BCUT2D eigenvalue weighted by Gasteiger charge is 2.20. The van der Waals surface area contributed by atoms with Crippen LogP contribution in [0.25, 0.3) is 17.4 Å². The summed E-state index contributed by atoms with van der Waals surface area (Å²) in [5, 5.41) is 0. The fourth-order valence-corrected chi connectivity index (χ4v) is 3.62. The molecule has 0 radical (unpaired) electrons. The van der Waals surface area contributed by atoms with Gasteiger partial charge in [-0.25, -0.2) is 4.98 Å². The van der Waals surface area contributed by atoms with E-state index in [4.69, 9.17) is 4.42 Å². The lowest BCUT2D eigenvalue weighted by molar-refractivity contribution is -0.132. The third-order valence-electron chi connectivity index (χ3n) is 5.36. The Labute approximate surface area is 177 Å². The second-order valence-electron chi connectivity index (χ2n) is 7.48. The van der Waals surface area contributed by atoms with Gasteiger partial charge >= 0.3 is 0 Å². The molecule has 2 heterocycles. The van der Waals surface area contributed by atoms with Gasteiger partial charge in [0.25, 0.3) is 0 Å². The predicted octanol–water partition coefficient (Wildman–Crippen LogP) is 4.13. The lowest BCUT2D eigenvalue weighted by Crippen LogP contribution is -2.48. The minimum absolute atomic E-state index is 0.175. The zero-order valence-electron chi connectivity index (χ0n) is 17.1. The average molecular weight is 402 g/mol. The number of carbonyl (C=O) groups excluding carboxylic acids is 1. The smallest absolute Gasteiger partial charge is 0.223 e. The Morgan fingerprint density at radius 2 is 1.67 bits per heavy atom. The van der Waals surface area contributed by atoms with Gasteiger partial charge in [-0.2, -0.15) is 0 Å². The lowest BCUT2D eigenvalue weighted by Gasteiger charge is -2.34. The van der Waals surface area contributed by atoms with Crippen molar-refractivity contribution in [3.63, 3.8) is 0 Å². The van der Waals surface area contributed by atoms with E-state index < -0.39 is 0 Å². The topological polar surface area (TPSA) is 49.6 Å². The van der Waals surface area contributed by atoms with E-state index in [0.717, 1.165) is 44.0 Å². The maximum atomic E-state index is 12.6. The molecule has 5 nitrogen and oxygen atoms in total. The van der Waals surface area contributed by atoms with Gasteiger partial charge < -0.3 is 9.32 Å². The highest BCUT2D eigenvalue weighted by atomic mass is 16.4. The molecule has 4 rings (SSSR count). The van der Waals surface area contributed by atoms with Gasteiger partial charge in [-0.05, 0) is 5.56 Å². The zero-order valence-corrected chi connectivity index (χ0v) is 17.1. The van der Waals surface area contributed by atoms with Crippen molar-refractivity contribution in [1.82, 2.24) is 14.8 Å². The Kier molecular flexibility index (Phi) is 6.72. The minimum Gasteiger partial charge on any atom is -0.441 e. The molecule has 30 heavy (non-hydrogen) atoms. The number of aryl methyl sites for hydroxylation is 1. The molecule has 0 unspecified atom stereocenters. The van der Waals surface area contributed by atoms with Crippen LogP contribution >= 0.6 is 0 Å². The SMILES string of the molecule is O=C(CCc1ncc(-c2ccccc2)o1)N1CCN(C/C=C/c2ccccc2)CC1. The lowest BCUT2D eigenvalue weighted by atomic mass is 10.2. The van der Waals surface area contributed by atoms with E-state index in [-0.39, 0.29) is 5.91 Å². The Hall–Kier alpha value is -3.18. The minimum atomic E-state index is 0.175. The molecule has 5 heteroatoms. The molecule has 1 saturated heterocycles. The first kappa shape index (κ1) is 20.1. The standard InChI is InChI=1S/C25H27N3O2/c29-25(14-13-24-26-20-23(30-24)22-11-5-2-6-12-22)28-18-16-27(17-19-28)15-7-10-21-8-3-1-4-9-21/h1-12,20H,13-19H2/b10-7+. The third kappa shape index (κ3) is 5.45. The number of benzene rings is 2. The highest BCUT2D eigenvalue weighted by Crippen LogP contribution is 2.20. The summed E-state index contributed by atoms with van der Waals surface area (Å²) < 4.78 is 5.81. The van der Waals surface area contributed by atoms with Crippen LogP contribution in [0.1, 0.15) is 17.9 Å². The molecule has 0 atom stereocenters. The predicted molar refractivity (Wildman–Crippen MR) is 119 cm³/mol. The van der Waals surface area contributed by atoms with Crippen molar-refractivity contribution >= 4 is 12.0 Å². The summed E-state index contributed by atoms with van der Waals surface area (Å²) >= 11 is 0. The number of piperazine rings is 1. The molecule has 0 aliphatic carbocycles. The van der Waals surface area contributed by atoms with Gasteiger partial charge in [-0.15, -0.1) is 0 Å². The Bertz CT molecular complexity index is 958. The molecule has 154 valence electrons. The number of amides is 1. The normalized spacial score (nSPS) is 15.0. The molecule has 0 spiro atoms. The van der Waals surface area contributed by atoms with E-state index in [2.05, 4.69) is 34.2 Å². The summed E-state index contributed by atoms with van der Waals surface area (Å²) in [6, 6.07) is 20.2. The van der Waals surface area contributed by atoms with E-state index >= 15 is 0 Å². The van der Waals surface area contributed by atoms with Crippen LogP contribution in [0.2, 0.25) is 0 Å². The van der Waals surface area contributed by atoms with E-state index in [9.17, 15) is 4.79 Å². The number of rotatable bonds is 7. The number of carbonyl (C=O) groups is 1. The average Bonchev–Trinajstić information content (AvgIpc) is 3.28. The van der Waals surface area contributed by atoms with Gasteiger partial charge in [0.2, 0.25) is 5.91 Å². The first-order chi connectivity index (χ1) is 14.8. The summed E-state index contributed by atoms with van der Waals surface area (Å²) in [4.78, 5) is 21.2. The van der Waals surface area contributed by atoms with Crippen molar-refractivity contribution < 1.29 is 9.21 Å². The van der Waals surface area contributed by atoms with Crippen LogP contribution in [0.15, 0.2) is 77.4 Å². The third-order valence-corrected chi connectivity index (χ3v) is 5.36. The van der Waals surface area contributed by atoms with Gasteiger partial charge in [0, 0.05) is 51.1 Å². The second kappa shape index (κ2) is 10.0. The molecule has 1 amide bonds. The van der Waals surface area contributed by atoms with Crippen molar-refractivity contribution in [2.45, 2.75) is 12.8 Å². The van der Waals surface area contributed by atoms with Crippen LogP contribution in [0.5, 0.6) is 0 Å². The van der Waals surface area contributed by atoms with Crippen LogP contribution in [0.3, 0.4) is 0 Å². The quantitative estimate of drug-likeness (QED) is 0.597. The van der Waals surface area contributed by atoms with Crippen LogP contribution < -0.4 is 0 Å². The fourth-order valence-electron chi connectivity index (χ4n) is 3.62. The number of nitrogens with zero attached hydrogens (tertiary/aromatic N) is 3. The van der Waals surface area contributed by atoms with Crippen LogP contribution in [0.4, 0.5) is 0 Å². The van der Waals surface area contributed by atoms with Crippen LogP contribution in [-0.4, -0.2) is 53.4 Å². The molecular formula is C25H27N3O2. The Morgan fingerprint density at radius 1 is 0.967 bits per heavy atom. The van der Waals surface area contributed by atoms with Crippen molar-refractivity contribution in [2.24, 2.45) is 0 Å². The first-order valence-corrected chi connectivity index (χ1v) is 10.5. The summed E-state index contributed by atoms with van der Waals surface area (Å²) in [6.45, 7) is 4.28. The summed E-state index contributed by atoms with van der Waals surface area (Å²) in [5.74, 6) is 1.54. The van der Waals surface area contributed by atoms with Crippen molar-refractivity contribution in [1.29, 1.82) is 0 Å². The molecule has 1 aromatic heterocycles. The largest absolute Gasteiger partial charge is 0.441 e. The van der Waals surface area contributed by atoms with E-state index in [1.165, 1.54) is 5.56 Å². The highest BCUT2D eigenvalue weighted by molar-refractivity contribution is 5.76. The van der Waals surface area contributed by atoms with Crippen molar-refractivity contribution in [2.75, 3.05) is 32.7 Å². The van der Waals surface area contributed by atoms with Gasteiger partial charge in [-0.3, -0.25) is 9.69 Å². The summed E-state index contributed by atoms with van der Waals surface area (Å²) in [5.41, 5.74) is 2.22. The Balaban J connectivity index is 1.19. The summed E-state index contributed by atoms with van der Waals surface area (Å²) in [6.07, 6.45) is 7.04. The fraction of sp³-hybridized carbons (Fsp3) is 0.280. The summed E-state index contributed by atoms with van der Waals surface area (Å²) in [7, 11) is 0. The second-order valence-corrected chi connectivity index (χ2v) is 7.48. The van der Waals surface area contributed by atoms with Gasteiger partial charge in [0.15, 0.2) is 11.7 Å². The van der Waals surface area contributed by atoms with Crippen molar-refractivity contribution in [3.05, 3.63) is 84.4 Å². The Morgan fingerprint density at radius 3 is 2.40 bits per heavy atom. The zero-order chi connectivity index (χ0) is 20.6. The molecule has 0 N–H and O–H groups in total. The van der Waals surface area contributed by atoms with E-state index in [1.54, 1.807) is 6.20 Å². The monoisotopic (exact) mass is 401 g/mol. The van der Waals surface area contributed by atoms with Crippen molar-refractivity contribution in [3.8, 4) is 11.3 Å². The molecule has 1 aliphatic heterocycles. The molecule has 1 aliphatic rings. The van der Waals surface area contributed by atoms with Crippen LogP contribution in [0, 0.1) is 0 Å².